The number of alkyl carbamates (subject to hydrolysis) is 1. The van der Waals surface area contributed by atoms with E-state index >= 15 is 0 Å². The molecule has 4 amide bonds. The molecule has 0 atom stereocenters. The number of urea groups is 1. The Morgan fingerprint density at radius 1 is 0.829 bits per heavy atom. The number of amides is 4. The number of hydrogen-bond donors (Lipinski definition) is 4. The molecule has 4 N–H and O–H groups in total. The first-order chi connectivity index (χ1) is 16.6. The van der Waals surface area contributed by atoms with Gasteiger partial charge in [-0.1, -0.05) is 42.5 Å². The summed E-state index contributed by atoms with van der Waals surface area (Å²) in [6, 6.07) is 19.8. The van der Waals surface area contributed by atoms with Gasteiger partial charge in [-0.25, -0.2) is 14.6 Å². The monoisotopic (exact) mass is 475 g/mol. The quantitative estimate of drug-likeness (QED) is 0.313. The minimum absolute atomic E-state index is 0.0560. The van der Waals surface area contributed by atoms with Gasteiger partial charge >= 0.3 is 12.1 Å². The molecule has 9 nitrogen and oxygen atoms in total. The van der Waals surface area contributed by atoms with Crippen LogP contribution in [0.3, 0.4) is 0 Å². The van der Waals surface area contributed by atoms with Gasteiger partial charge in [-0.05, 0) is 61.4 Å². The largest absolute Gasteiger partial charge is 0.444 e. The predicted octanol–water partition coefficient (Wildman–Crippen LogP) is 5.00. The molecule has 0 aliphatic carbocycles. The average Bonchev–Trinajstić information content (AvgIpc) is 2.77. The van der Waals surface area contributed by atoms with Crippen molar-refractivity contribution in [1.82, 2.24) is 10.6 Å². The number of ether oxygens (including phenoxy) is 1. The number of carbonyl (C=O) groups excluding carboxylic acids is 3. The summed E-state index contributed by atoms with van der Waals surface area (Å²) < 4.78 is 5.30. The first-order valence-electron chi connectivity index (χ1n) is 11.1. The Balaban J connectivity index is 1.75. The van der Waals surface area contributed by atoms with Crippen molar-refractivity contribution in [2.75, 3.05) is 10.6 Å². The molecule has 3 rings (SSSR count). The fourth-order valence-corrected chi connectivity index (χ4v) is 3.22. The fourth-order valence-electron chi connectivity index (χ4n) is 3.22. The number of hydrogen-bond acceptors (Lipinski definition) is 5. The van der Waals surface area contributed by atoms with Gasteiger partial charge in [0.15, 0.2) is 0 Å². The van der Waals surface area contributed by atoms with Crippen LogP contribution in [0.25, 0.3) is 10.8 Å². The van der Waals surface area contributed by atoms with Crippen LogP contribution < -0.4 is 21.3 Å². The van der Waals surface area contributed by atoms with Crippen molar-refractivity contribution in [3.8, 4) is 0 Å². The molecule has 0 aliphatic rings. The molecule has 0 spiro atoms. The third kappa shape index (κ3) is 8.15. The van der Waals surface area contributed by atoms with Crippen LogP contribution in [0.5, 0.6) is 0 Å². The molecule has 0 aromatic heterocycles. The topological polar surface area (TPSA) is 121 Å². The number of benzene rings is 3. The molecule has 0 aliphatic heterocycles. The fraction of sp³-hybridized carbons (Fsp3) is 0.231. The van der Waals surface area contributed by atoms with Crippen molar-refractivity contribution in [3.63, 3.8) is 0 Å². The van der Waals surface area contributed by atoms with Crippen molar-refractivity contribution < 1.29 is 19.1 Å². The number of nitrogens with one attached hydrogen (secondary N) is 4. The zero-order valence-corrected chi connectivity index (χ0v) is 20.1. The first-order valence-corrected chi connectivity index (χ1v) is 11.1. The molecule has 182 valence electrons. The summed E-state index contributed by atoms with van der Waals surface area (Å²) in [5, 5.41) is 12.5. The number of fused-ring (bicyclic) bond motifs is 1. The molecular formula is C26H29N5O4. The van der Waals surface area contributed by atoms with Crippen LogP contribution in [0.1, 0.15) is 33.3 Å². The van der Waals surface area contributed by atoms with Crippen LogP contribution in [-0.2, 0) is 16.1 Å². The number of nitrogens with zero attached hydrogens (tertiary/aromatic N) is 1. The Hall–Kier alpha value is -4.40. The highest BCUT2D eigenvalue weighted by Crippen LogP contribution is 2.19. The molecule has 0 radical (unpaired) electrons. The molecule has 0 heterocycles. The summed E-state index contributed by atoms with van der Waals surface area (Å²) in [7, 11) is 0. The van der Waals surface area contributed by atoms with Crippen LogP contribution in [0.4, 0.5) is 21.0 Å². The Kier molecular flexibility index (Phi) is 8.04. The summed E-state index contributed by atoms with van der Waals surface area (Å²) in [6.07, 6.45) is -0.742. The molecule has 0 fully saturated rings. The molecule has 9 heteroatoms. The molecule has 0 saturated heterocycles. The van der Waals surface area contributed by atoms with Crippen LogP contribution in [0, 0.1) is 0 Å². The van der Waals surface area contributed by atoms with E-state index in [0.29, 0.717) is 11.4 Å². The Labute approximate surface area is 204 Å². The summed E-state index contributed by atoms with van der Waals surface area (Å²) in [4.78, 5) is 40.5. The van der Waals surface area contributed by atoms with Crippen molar-refractivity contribution in [2.24, 2.45) is 4.99 Å². The van der Waals surface area contributed by atoms with Gasteiger partial charge in [0.2, 0.25) is 11.9 Å². The maximum Gasteiger partial charge on any atom is 0.414 e. The SMILES string of the molecule is CC(=O)Nc1ccc(NC(=O)NC(=NCc2cccc3ccccc23)NC(=O)OC(C)(C)C)cc1. The molecule has 0 saturated carbocycles. The number of carbonyl (C=O) groups is 3. The van der Waals surface area contributed by atoms with Crippen molar-refractivity contribution in [3.05, 3.63) is 72.3 Å². The second kappa shape index (κ2) is 11.1. The van der Waals surface area contributed by atoms with Gasteiger partial charge in [0, 0.05) is 18.3 Å². The lowest BCUT2D eigenvalue weighted by molar-refractivity contribution is -0.114. The highest BCUT2D eigenvalue weighted by Gasteiger charge is 2.18. The smallest absolute Gasteiger partial charge is 0.414 e. The standard InChI is InChI=1S/C26H29N5O4/c1-17(32)28-20-12-14-21(15-13-20)29-24(33)30-23(31-25(34)35-26(2,3)4)27-16-19-10-7-9-18-8-5-6-11-22(18)19/h5-15H,16H2,1-4H3,(H,28,32)(H3,27,29,30,31,33,34). The van der Waals surface area contributed by atoms with E-state index in [2.05, 4.69) is 26.3 Å². The second-order valence-corrected chi connectivity index (χ2v) is 8.77. The summed E-state index contributed by atoms with van der Waals surface area (Å²) in [6.45, 7) is 6.85. The predicted molar refractivity (Wildman–Crippen MR) is 137 cm³/mol. The van der Waals surface area contributed by atoms with Gasteiger partial charge in [0.05, 0.1) is 6.54 Å². The average molecular weight is 476 g/mol. The maximum absolute atomic E-state index is 12.6. The van der Waals surface area contributed by atoms with Crippen LogP contribution in [-0.4, -0.2) is 29.6 Å². The Morgan fingerprint density at radius 2 is 1.46 bits per heavy atom. The number of guanidine groups is 1. The zero-order chi connectivity index (χ0) is 25.4. The van der Waals surface area contributed by atoms with E-state index in [1.165, 1.54) is 6.92 Å². The molecule has 0 unspecified atom stereocenters. The van der Waals surface area contributed by atoms with Gasteiger partial charge in [-0.15, -0.1) is 0 Å². The van der Waals surface area contributed by atoms with Crippen molar-refractivity contribution >= 4 is 46.1 Å². The highest BCUT2D eigenvalue weighted by molar-refractivity contribution is 6.06. The van der Waals surface area contributed by atoms with Gasteiger partial charge < -0.3 is 15.4 Å². The van der Waals surface area contributed by atoms with E-state index in [1.54, 1.807) is 45.0 Å². The van der Waals surface area contributed by atoms with Gasteiger partial charge in [-0.3, -0.25) is 15.4 Å². The number of aliphatic imine (C=N–C) groups is 1. The minimum Gasteiger partial charge on any atom is -0.444 e. The van der Waals surface area contributed by atoms with E-state index in [0.717, 1.165) is 16.3 Å². The van der Waals surface area contributed by atoms with Crippen LogP contribution in [0.15, 0.2) is 71.7 Å². The van der Waals surface area contributed by atoms with E-state index in [9.17, 15) is 14.4 Å². The van der Waals surface area contributed by atoms with Crippen molar-refractivity contribution in [1.29, 1.82) is 0 Å². The number of rotatable bonds is 4. The highest BCUT2D eigenvalue weighted by atomic mass is 16.6. The van der Waals surface area contributed by atoms with E-state index in [1.807, 2.05) is 42.5 Å². The molecule has 0 bridgehead atoms. The number of anilines is 2. The molecule has 3 aromatic rings. The third-order valence-electron chi connectivity index (χ3n) is 4.60. The Morgan fingerprint density at radius 3 is 2.11 bits per heavy atom. The lowest BCUT2D eigenvalue weighted by Gasteiger charge is -2.20. The third-order valence-corrected chi connectivity index (χ3v) is 4.60. The normalized spacial score (nSPS) is 11.5. The van der Waals surface area contributed by atoms with E-state index < -0.39 is 17.7 Å². The van der Waals surface area contributed by atoms with E-state index in [-0.39, 0.29) is 18.4 Å². The molecule has 35 heavy (non-hydrogen) atoms. The summed E-state index contributed by atoms with van der Waals surface area (Å²) in [5.74, 6) is -0.247. The lowest BCUT2D eigenvalue weighted by atomic mass is 10.1. The van der Waals surface area contributed by atoms with E-state index in [4.69, 9.17) is 4.74 Å². The lowest BCUT2D eigenvalue weighted by Crippen LogP contribution is -2.47. The van der Waals surface area contributed by atoms with Crippen LogP contribution >= 0.6 is 0 Å². The summed E-state index contributed by atoms with van der Waals surface area (Å²) >= 11 is 0. The molecule has 3 aromatic carbocycles. The summed E-state index contributed by atoms with van der Waals surface area (Å²) in [5.41, 5.74) is 1.31. The maximum atomic E-state index is 12.6. The second-order valence-electron chi connectivity index (χ2n) is 8.77. The van der Waals surface area contributed by atoms with Gasteiger partial charge in [0.25, 0.3) is 0 Å². The zero-order valence-electron chi connectivity index (χ0n) is 20.1. The van der Waals surface area contributed by atoms with Gasteiger partial charge in [0.1, 0.15) is 5.60 Å². The van der Waals surface area contributed by atoms with Crippen LogP contribution in [0.2, 0.25) is 0 Å². The Bertz CT molecular complexity index is 1240. The van der Waals surface area contributed by atoms with Gasteiger partial charge in [-0.2, -0.15) is 0 Å². The first kappa shape index (κ1) is 25.2. The minimum atomic E-state index is -0.742. The van der Waals surface area contributed by atoms with Crippen molar-refractivity contribution in [2.45, 2.75) is 39.8 Å². The molecular weight excluding hydrogens is 446 g/mol.